The first-order valence-corrected chi connectivity index (χ1v) is 10.4. The van der Waals surface area contributed by atoms with Crippen molar-refractivity contribution in [1.29, 1.82) is 0 Å². The van der Waals surface area contributed by atoms with Crippen LogP contribution < -0.4 is 16.6 Å². The number of fused-ring (bicyclic) bond motifs is 2. The average molecular weight is 487 g/mol. The summed E-state index contributed by atoms with van der Waals surface area (Å²) in [6.07, 6.45) is 0. The van der Waals surface area contributed by atoms with E-state index in [4.69, 9.17) is 5.84 Å². The molecule has 0 radical (unpaired) electrons. The van der Waals surface area contributed by atoms with Crippen LogP contribution in [0.3, 0.4) is 0 Å². The quantitative estimate of drug-likeness (QED) is 0.131. The molecule has 0 amide bonds. The van der Waals surface area contributed by atoms with Gasteiger partial charge in [-0.05, 0) is 54.6 Å². The highest BCUT2D eigenvalue weighted by atomic mass is 16.4. The summed E-state index contributed by atoms with van der Waals surface area (Å²) in [6.45, 7) is 0. The van der Waals surface area contributed by atoms with E-state index in [1.54, 1.807) is 16.7 Å². The van der Waals surface area contributed by atoms with Crippen molar-refractivity contribution in [2.45, 2.75) is 0 Å². The first-order valence-electron chi connectivity index (χ1n) is 10.4. The highest BCUT2D eigenvalue weighted by Gasteiger charge is 2.19. The van der Waals surface area contributed by atoms with Crippen molar-refractivity contribution in [2.75, 3.05) is 10.7 Å². The number of nitrogens with two attached hydrogens (primary N) is 1. The molecular formula is C23H17N7O6. The molecule has 3 aromatic carbocycles. The number of H-pyrrole nitrogens is 1. The summed E-state index contributed by atoms with van der Waals surface area (Å²) >= 11 is 0. The van der Waals surface area contributed by atoms with Crippen LogP contribution in [0, 0.1) is 0 Å². The molecule has 8 N–H and O–H groups in total. The second-order valence-electron chi connectivity index (χ2n) is 7.71. The lowest BCUT2D eigenvalue weighted by atomic mass is 10.1. The minimum absolute atomic E-state index is 0.0135. The molecule has 0 fully saturated rings. The van der Waals surface area contributed by atoms with Gasteiger partial charge in [0.05, 0.1) is 50.1 Å². The molecule has 0 spiro atoms. The zero-order valence-corrected chi connectivity index (χ0v) is 18.2. The van der Waals surface area contributed by atoms with Gasteiger partial charge in [0.15, 0.2) is 0 Å². The van der Waals surface area contributed by atoms with Crippen LogP contribution in [0.5, 0.6) is 0 Å². The van der Waals surface area contributed by atoms with Gasteiger partial charge in [0, 0.05) is 0 Å². The lowest BCUT2D eigenvalue weighted by Gasteiger charge is -2.13. The average Bonchev–Trinajstić information content (AvgIpc) is 3.43. The Morgan fingerprint density at radius 2 is 1.42 bits per heavy atom. The van der Waals surface area contributed by atoms with Crippen molar-refractivity contribution in [3.05, 3.63) is 71.3 Å². The molecule has 2 heterocycles. The number of hydrogen-bond acceptors (Lipinski definition) is 8. The molecule has 5 aromatic rings. The van der Waals surface area contributed by atoms with Crippen molar-refractivity contribution < 1.29 is 29.7 Å². The first kappa shape index (κ1) is 22.4. The van der Waals surface area contributed by atoms with Crippen LogP contribution in [-0.4, -0.2) is 52.7 Å². The fraction of sp³-hybridized carbons (Fsp3) is 0. The molecule has 180 valence electrons. The maximum Gasteiger partial charge on any atom is 0.335 e. The number of benzene rings is 3. The van der Waals surface area contributed by atoms with E-state index in [-0.39, 0.29) is 34.3 Å². The number of nitrogens with one attached hydrogen (secondary N) is 3. The second-order valence-corrected chi connectivity index (χ2v) is 7.71. The third kappa shape index (κ3) is 3.80. The second kappa shape index (κ2) is 8.41. The number of aromatic nitrogens is 4. The number of nitrogens with zero attached hydrogens (tertiary/aromatic N) is 3. The molecule has 0 saturated carbocycles. The van der Waals surface area contributed by atoms with E-state index in [2.05, 4.69) is 25.7 Å². The Kier molecular flexibility index (Phi) is 5.23. The summed E-state index contributed by atoms with van der Waals surface area (Å²) in [4.78, 5) is 46.3. The van der Waals surface area contributed by atoms with Gasteiger partial charge in [-0.25, -0.2) is 28.9 Å². The SMILES string of the molecule is NNc1cc(C(=O)O)ccc1Nc1nc2cc(C(=O)O)ccc2n1-c1nc2ccc(C(=O)O)cc2[nH]1. The van der Waals surface area contributed by atoms with Gasteiger partial charge in [-0.15, -0.1) is 0 Å². The van der Waals surface area contributed by atoms with Gasteiger partial charge in [-0.2, -0.15) is 0 Å². The van der Waals surface area contributed by atoms with E-state index in [9.17, 15) is 29.7 Å². The third-order valence-electron chi connectivity index (χ3n) is 5.50. The largest absolute Gasteiger partial charge is 0.478 e. The summed E-state index contributed by atoms with van der Waals surface area (Å²) in [5.41, 5.74) is 5.05. The first-order chi connectivity index (χ1) is 17.2. The zero-order valence-electron chi connectivity index (χ0n) is 18.2. The van der Waals surface area contributed by atoms with Crippen LogP contribution in [-0.2, 0) is 0 Å². The molecule has 13 heteroatoms. The normalized spacial score (nSPS) is 11.0. The topological polar surface area (TPSA) is 208 Å². The van der Waals surface area contributed by atoms with E-state index in [0.717, 1.165) is 0 Å². The molecule has 13 nitrogen and oxygen atoms in total. The highest BCUT2D eigenvalue weighted by Crippen LogP contribution is 2.31. The Morgan fingerprint density at radius 3 is 2.11 bits per heavy atom. The standard InChI is InChI=1S/C23H17N7O6/c24-29-16-8-11(20(33)34)2-5-14(16)26-23-28-17-9-12(21(35)36)3-6-18(17)30(23)22-25-13-4-1-10(19(31)32)7-15(13)27-22/h1-9,29H,24H2,(H,25,27)(H,26,28)(H,31,32)(H,33,34)(H,35,36). The molecule has 2 aromatic heterocycles. The summed E-state index contributed by atoms with van der Waals surface area (Å²) in [5, 5.41) is 31.0. The Hall–Kier alpha value is -5.43. The van der Waals surface area contributed by atoms with Crippen LogP contribution in [0.2, 0.25) is 0 Å². The third-order valence-corrected chi connectivity index (χ3v) is 5.50. The number of hydrazine groups is 1. The molecule has 36 heavy (non-hydrogen) atoms. The van der Waals surface area contributed by atoms with Crippen LogP contribution in [0.15, 0.2) is 54.6 Å². The fourth-order valence-corrected chi connectivity index (χ4v) is 3.77. The van der Waals surface area contributed by atoms with Gasteiger partial charge in [-0.3, -0.25) is 5.84 Å². The van der Waals surface area contributed by atoms with Crippen molar-refractivity contribution >= 4 is 57.3 Å². The van der Waals surface area contributed by atoms with Gasteiger partial charge in [-0.1, -0.05) is 0 Å². The fourth-order valence-electron chi connectivity index (χ4n) is 3.77. The monoisotopic (exact) mass is 487 g/mol. The van der Waals surface area contributed by atoms with Crippen molar-refractivity contribution in [2.24, 2.45) is 5.84 Å². The number of nitrogen functional groups attached to an aromatic ring is 1. The van der Waals surface area contributed by atoms with Crippen LogP contribution in [0.25, 0.3) is 28.0 Å². The van der Waals surface area contributed by atoms with Gasteiger partial charge in [0.25, 0.3) is 0 Å². The van der Waals surface area contributed by atoms with Crippen molar-refractivity contribution in [1.82, 2.24) is 19.5 Å². The number of aromatic amines is 1. The molecule has 0 atom stereocenters. The Morgan fingerprint density at radius 1 is 0.778 bits per heavy atom. The van der Waals surface area contributed by atoms with Gasteiger partial charge < -0.3 is 31.0 Å². The molecule has 0 saturated heterocycles. The summed E-state index contributed by atoms with van der Waals surface area (Å²) in [7, 11) is 0. The Bertz CT molecular complexity index is 1700. The minimum atomic E-state index is -1.13. The predicted octanol–water partition coefficient (Wildman–Crippen LogP) is 3.03. The van der Waals surface area contributed by atoms with E-state index in [1.807, 2.05) is 0 Å². The van der Waals surface area contributed by atoms with E-state index < -0.39 is 17.9 Å². The van der Waals surface area contributed by atoms with E-state index >= 15 is 0 Å². The smallest absolute Gasteiger partial charge is 0.335 e. The number of carboxylic acid groups (broad SMARTS) is 3. The predicted molar refractivity (Wildman–Crippen MR) is 129 cm³/mol. The molecule has 0 aliphatic heterocycles. The molecule has 5 rings (SSSR count). The van der Waals surface area contributed by atoms with Gasteiger partial charge in [0.1, 0.15) is 0 Å². The summed E-state index contributed by atoms with van der Waals surface area (Å²) < 4.78 is 1.59. The van der Waals surface area contributed by atoms with Crippen LogP contribution >= 0.6 is 0 Å². The number of anilines is 3. The number of carboxylic acids is 3. The maximum absolute atomic E-state index is 11.5. The van der Waals surface area contributed by atoms with Gasteiger partial charge >= 0.3 is 17.9 Å². The number of rotatable bonds is 7. The van der Waals surface area contributed by atoms with Crippen LogP contribution in [0.4, 0.5) is 17.3 Å². The molecule has 0 aliphatic rings. The van der Waals surface area contributed by atoms with Crippen molar-refractivity contribution in [3.63, 3.8) is 0 Å². The van der Waals surface area contributed by atoms with E-state index in [1.165, 1.54) is 42.5 Å². The molecule has 0 unspecified atom stereocenters. The lowest BCUT2D eigenvalue weighted by molar-refractivity contribution is 0.0686. The lowest BCUT2D eigenvalue weighted by Crippen LogP contribution is -2.11. The Balaban J connectivity index is 1.70. The minimum Gasteiger partial charge on any atom is -0.478 e. The molecule has 0 aliphatic carbocycles. The number of hydrogen-bond donors (Lipinski definition) is 7. The Labute approximate surface area is 200 Å². The summed E-state index contributed by atoms with van der Waals surface area (Å²) in [5.74, 6) is 2.76. The number of carbonyl (C=O) groups is 3. The van der Waals surface area contributed by atoms with Crippen LogP contribution in [0.1, 0.15) is 31.1 Å². The molecule has 0 bridgehead atoms. The highest BCUT2D eigenvalue weighted by molar-refractivity contribution is 5.95. The van der Waals surface area contributed by atoms with E-state index in [0.29, 0.717) is 27.8 Å². The van der Waals surface area contributed by atoms with Gasteiger partial charge in [0.2, 0.25) is 11.9 Å². The number of imidazole rings is 2. The zero-order chi connectivity index (χ0) is 25.6. The number of aromatic carboxylic acids is 3. The summed E-state index contributed by atoms with van der Waals surface area (Å²) in [6, 6.07) is 13.1. The van der Waals surface area contributed by atoms with Crippen molar-refractivity contribution in [3.8, 4) is 5.95 Å². The maximum atomic E-state index is 11.5. The molecular weight excluding hydrogens is 470 g/mol.